The van der Waals surface area contributed by atoms with Gasteiger partial charge in [0.15, 0.2) is 0 Å². The molecule has 0 spiro atoms. The van der Waals surface area contributed by atoms with E-state index >= 15 is 0 Å². The second-order valence-corrected chi connectivity index (χ2v) is 5.99. The Morgan fingerprint density at radius 3 is 2.44 bits per heavy atom. The molecule has 1 aliphatic rings. The highest BCUT2D eigenvalue weighted by molar-refractivity contribution is 5.76. The monoisotopic (exact) mass is 254 g/mol. The minimum absolute atomic E-state index is 0.174. The molecule has 106 valence electrons. The number of rotatable bonds is 6. The van der Waals surface area contributed by atoms with Gasteiger partial charge in [0.25, 0.3) is 0 Å². The summed E-state index contributed by atoms with van der Waals surface area (Å²) in [5.74, 6) is 1.66. The molecule has 0 aromatic carbocycles. The van der Waals surface area contributed by atoms with Gasteiger partial charge in [-0.15, -0.1) is 0 Å². The van der Waals surface area contributed by atoms with Gasteiger partial charge < -0.3 is 10.6 Å². The molecule has 1 aliphatic carbocycles. The highest BCUT2D eigenvalue weighted by Crippen LogP contribution is 2.28. The molecule has 3 atom stereocenters. The number of carbonyl (C=O) groups excluding carboxylic acids is 1. The van der Waals surface area contributed by atoms with Crippen LogP contribution in [-0.4, -0.2) is 24.5 Å². The summed E-state index contributed by atoms with van der Waals surface area (Å²) in [6.45, 7) is 9.60. The van der Waals surface area contributed by atoms with Crippen molar-refractivity contribution < 1.29 is 4.79 Å². The number of hydrogen-bond acceptors (Lipinski definition) is 2. The molecule has 0 heterocycles. The van der Waals surface area contributed by atoms with Gasteiger partial charge in [-0.25, -0.2) is 0 Å². The minimum Gasteiger partial charge on any atom is -0.354 e. The topological polar surface area (TPSA) is 41.1 Å². The van der Waals surface area contributed by atoms with E-state index in [-0.39, 0.29) is 5.91 Å². The fraction of sp³-hybridized carbons (Fsp3) is 0.933. The van der Waals surface area contributed by atoms with Crippen molar-refractivity contribution in [3.8, 4) is 0 Å². The standard InChI is InChI=1S/C15H30N2O/c1-5-13(4)17-14(18)9-10-16-15-11(2)7-6-8-12(15)3/h11-13,15-16H,5-10H2,1-4H3,(H,17,18). The van der Waals surface area contributed by atoms with E-state index in [0.29, 0.717) is 18.5 Å². The van der Waals surface area contributed by atoms with Crippen molar-refractivity contribution in [1.82, 2.24) is 10.6 Å². The zero-order valence-electron chi connectivity index (χ0n) is 12.5. The van der Waals surface area contributed by atoms with Gasteiger partial charge >= 0.3 is 0 Å². The van der Waals surface area contributed by atoms with Crippen LogP contribution in [0.3, 0.4) is 0 Å². The molecule has 0 saturated heterocycles. The summed E-state index contributed by atoms with van der Waals surface area (Å²) in [5.41, 5.74) is 0. The molecule has 0 radical (unpaired) electrons. The molecular weight excluding hydrogens is 224 g/mol. The molecular formula is C15H30N2O. The molecule has 1 amide bonds. The fourth-order valence-corrected chi connectivity index (χ4v) is 2.89. The van der Waals surface area contributed by atoms with E-state index in [1.165, 1.54) is 19.3 Å². The van der Waals surface area contributed by atoms with Gasteiger partial charge in [0.2, 0.25) is 5.91 Å². The smallest absolute Gasteiger partial charge is 0.221 e. The summed E-state index contributed by atoms with van der Waals surface area (Å²) >= 11 is 0. The van der Waals surface area contributed by atoms with Crippen molar-refractivity contribution in [3.05, 3.63) is 0 Å². The predicted molar refractivity (Wildman–Crippen MR) is 76.5 cm³/mol. The van der Waals surface area contributed by atoms with Crippen LogP contribution in [0.15, 0.2) is 0 Å². The molecule has 1 saturated carbocycles. The lowest BCUT2D eigenvalue weighted by Crippen LogP contribution is -2.44. The average Bonchev–Trinajstić information content (AvgIpc) is 2.32. The first-order valence-corrected chi connectivity index (χ1v) is 7.57. The number of hydrogen-bond donors (Lipinski definition) is 2. The Kier molecular flexibility index (Phi) is 6.69. The zero-order chi connectivity index (χ0) is 13.5. The van der Waals surface area contributed by atoms with Crippen LogP contribution >= 0.6 is 0 Å². The van der Waals surface area contributed by atoms with E-state index in [1.807, 2.05) is 0 Å². The second-order valence-electron chi connectivity index (χ2n) is 5.99. The molecule has 0 aromatic heterocycles. The van der Waals surface area contributed by atoms with Gasteiger partial charge in [0.1, 0.15) is 0 Å². The van der Waals surface area contributed by atoms with Crippen molar-refractivity contribution in [2.45, 2.75) is 71.9 Å². The molecule has 18 heavy (non-hydrogen) atoms. The first kappa shape index (κ1) is 15.5. The van der Waals surface area contributed by atoms with E-state index < -0.39 is 0 Å². The van der Waals surface area contributed by atoms with Crippen molar-refractivity contribution in [2.75, 3.05) is 6.54 Å². The fourth-order valence-electron chi connectivity index (χ4n) is 2.89. The van der Waals surface area contributed by atoms with Crippen LogP contribution in [-0.2, 0) is 4.79 Å². The van der Waals surface area contributed by atoms with Crippen LogP contribution in [0.4, 0.5) is 0 Å². The Morgan fingerprint density at radius 2 is 1.89 bits per heavy atom. The Hall–Kier alpha value is -0.570. The molecule has 3 nitrogen and oxygen atoms in total. The predicted octanol–water partition coefficient (Wildman–Crippen LogP) is 2.71. The molecule has 1 fully saturated rings. The lowest BCUT2D eigenvalue weighted by atomic mass is 9.79. The Bertz CT molecular complexity index is 245. The average molecular weight is 254 g/mol. The van der Waals surface area contributed by atoms with Gasteiger partial charge in [-0.3, -0.25) is 4.79 Å². The molecule has 2 N–H and O–H groups in total. The quantitative estimate of drug-likeness (QED) is 0.765. The molecule has 3 heteroatoms. The maximum absolute atomic E-state index is 11.7. The van der Waals surface area contributed by atoms with Crippen LogP contribution < -0.4 is 10.6 Å². The zero-order valence-corrected chi connectivity index (χ0v) is 12.5. The Balaban J connectivity index is 2.22. The number of carbonyl (C=O) groups is 1. The number of amides is 1. The van der Waals surface area contributed by atoms with E-state index in [9.17, 15) is 4.79 Å². The van der Waals surface area contributed by atoms with Crippen molar-refractivity contribution >= 4 is 5.91 Å². The van der Waals surface area contributed by atoms with Crippen molar-refractivity contribution in [1.29, 1.82) is 0 Å². The third-order valence-corrected chi connectivity index (χ3v) is 4.30. The van der Waals surface area contributed by atoms with E-state index in [4.69, 9.17) is 0 Å². The minimum atomic E-state index is 0.174. The first-order chi connectivity index (χ1) is 8.54. The third kappa shape index (κ3) is 4.97. The summed E-state index contributed by atoms with van der Waals surface area (Å²) in [6, 6.07) is 0.889. The van der Waals surface area contributed by atoms with Gasteiger partial charge in [-0.1, -0.05) is 27.2 Å². The van der Waals surface area contributed by atoms with Gasteiger partial charge in [0.05, 0.1) is 0 Å². The summed E-state index contributed by atoms with van der Waals surface area (Å²) in [4.78, 5) is 11.7. The van der Waals surface area contributed by atoms with Gasteiger partial charge in [-0.2, -0.15) is 0 Å². The summed E-state index contributed by atoms with van der Waals surface area (Å²) in [7, 11) is 0. The molecule has 1 rings (SSSR count). The lowest BCUT2D eigenvalue weighted by molar-refractivity contribution is -0.121. The molecule has 3 unspecified atom stereocenters. The van der Waals surface area contributed by atoms with Crippen LogP contribution in [0, 0.1) is 11.8 Å². The SMILES string of the molecule is CCC(C)NC(=O)CCNC1C(C)CCCC1C. The summed E-state index contributed by atoms with van der Waals surface area (Å²) in [5, 5.41) is 6.59. The van der Waals surface area contributed by atoms with Crippen LogP contribution in [0.1, 0.15) is 59.8 Å². The molecule has 0 aliphatic heterocycles. The largest absolute Gasteiger partial charge is 0.354 e. The summed E-state index contributed by atoms with van der Waals surface area (Å²) in [6.07, 6.45) is 5.59. The number of nitrogens with one attached hydrogen (secondary N) is 2. The van der Waals surface area contributed by atoms with Gasteiger partial charge in [0, 0.05) is 25.0 Å². The molecule has 0 aromatic rings. The lowest BCUT2D eigenvalue weighted by Gasteiger charge is -2.35. The van der Waals surface area contributed by atoms with Gasteiger partial charge in [-0.05, 0) is 38.0 Å². The highest BCUT2D eigenvalue weighted by Gasteiger charge is 2.26. The Morgan fingerprint density at radius 1 is 1.28 bits per heavy atom. The highest BCUT2D eigenvalue weighted by atomic mass is 16.1. The second kappa shape index (κ2) is 7.78. The van der Waals surface area contributed by atoms with E-state index in [0.717, 1.165) is 24.8 Å². The normalized spacial score (nSPS) is 29.9. The van der Waals surface area contributed by atoms with Crippen LogP contribution in [0.2, 0.25) is 0 Å². The van der Waals surface area contributed by atoms with Crippen molar-refractivity contribution in [2.24, 2.45) is 11.8 Å². The Labute approximate surface area is 112 Å². The third-order valence-electron chi connectivity index (χ3n) is 4.30. The maximum atomic E-state index is 11.7. The van der Waals surface area contributed by atoms with Crippen molar-refractivity contribution in [3.63, 3.8) is 0 Å². The summed E-state index contributed by atoms with van der Waals surface area (Å²) < 4.78 is 0. The maximum Gasteiger partial charge on any atom is 0.221 e. The first-order valence-electron chi connectivity index (χ1n) is 7.57. The molecule has 0 bridgehead atoms. The van der Waals surface area contributed by atoms with E-state index in [1.54, 1.807) is 0 Å². The van der Waals surface area contributed by atoms with Crippen LogP contribution in [0.25, 0.3) is 0 Å². The van der Waals surface area contributed by atoms with Crippen LogP contribution in [0.5, 0.6) is 0 Å². The van der Waals surface area contributed by atoms with E-state index in [2.05, 4.69) is 38.3 Å².